The number of alkyl halides is 3. The zero-order valence-electron chi connectivity index (χ0n) is 16.1. The number of fused-ring (bicyclic) bond motifs is 1. The lowest BCUT2D eigenvalue weighted by atomic mass is 9.96. The second kappa shape index (κ2) is 7.81. The number of methoxy groups -OCH3 is 1. The summed E-state index contributed by atoms with van der Waals surface area (Å²) < 4.78 is 45.0. The molecule has 4 rings (SSSR count). The van der Waals surface area contributed by atoms with Crippen LogP contribution in [0.4, 0.5) is 24.7 Å². The number of aromatic nitrogens is 4. The molecule has 1 aliphatic rings. The van der Waals surface area contributed by atoms with Gasteiger partial charge in [-0.3, -0.25) is 4.79 Å². The Morgan fingerprint density at radius 1 is 1.10 bits per heavy atom. The summed E-state index contributed by atoms with van der Waals surface area (Å²) in [6.07, 6.45) is -3.51. The van der Waals surface area contributed by atoms with E-state index in [9.17, 15) is 18.0 Å². The average Bonchev–Trinajstić information content (AvgIpc) is 3.18. The molecule has 8 nitrogen and oxygen atoms in total. The normalized spacial score (nSPS) is 15.4. The standard InChI is InChI=1S/C19H19F3N6O2/c1-30-14-4-2-13(3-5-14)23-17(29)12-8-10-27(11-9-12)16-7-6-15-24-25-18(19(20,21)22)28(15)26-16/h2-7,12H,8-11H2,1H3,(H,23,29). The number of nitrogens with one attached hydrogen (secondary N) is 1. The zero-order valence-corrected chi connectivity index (χ0v) is 16.1. The summed E-state index contributed by atoms with van der Waals surface area (Å²) in [7, 11) is 1.57. The van der Waals surface area contributed by atoms with Crippen molar-refractivity contribution in [2.45, 2.75) is 19.0 Å². The highest BCUT2D eigenvalue weighted by molar-refractivity contribution is 5.92. The van der Waals surface area contributed by atoms with Crippen molar-refractivity contribution < 1.29 is 22.7 Å². The first-order valence-corrected chi connectivity index (χ1v) is 9.34. The number of anilines is 2. The molecule has 3 aromatic rings. The largest absolute Gasteiger partial charge is 0.497 e. The van der Waals surface area contributed by atoms with E-state index in [4.69, 9.17) is 4.74 Å². The third kappa shape index (κ3) is 4.00. The van der Waals surface area contributed by atoms with Gasteiger partial charge < -0.3 is 15.0 Å². The van der Waals surface area contributed by atoms with Crippen molar-refractivity contribution in [1.82, 2.24) is 19.8 Å². The molecule has 11 heteroatoms. The van der Waals surface area contributed by atoms with Crippen molar-refractivity contribution in [1.29, 1.82) is 0 Å². The van der Waals surface area contributed by atoms with Gasteiger partial charge in [-0.1, -0.05) is 0 Å². The number of rotatable bonds is 4. The lowest BCUT2D eigenvalue weighted by Gasteiger charge is -2.32. The highest BCUT2D eigenvalue weighted by Crippen LogP contribution is 2.29. The Kier molecular flexibility index (Phi) is 5.18. The van der Waals surface area contributed by atoms with Gasteiger partial charge >= 0.3 is 6.18 Å². The minimum atomic E-state index is -4.64. The maximum Gasteiger partial charge on any atom is 0.453 e. The van der Waals surface area contributed by atoms with E-state index in [0.29, 0.717) is 47.7 Å². The first-order chi connectivity index (χ1) is 14.3. The van der Waals surface area contributed by atoms with Crippen LogP contribution in [0.3, 0.4) is 0 Å². The molecule has 0 unspecified atom stereocenters. The lowest BCUT2D eigenvalue weighted by Crippen LogP contribution is -2.38. The van der Waals surface area contributed by atoms with Crippen LogP contribution in [0.1, 0.15) is 18.7 Å². The van der Waals surface area contributed by atoms with Crippen molar-refractivity contribution in [3.05, 3.63) is 42.2 Å². The number of piperidine rings is 1. The maximum absolute atomic E-state index is 13.1. The smallest absolute Gasteiger partial charge is 0.453 e. The molecular weight excluding hydrogens is 401 g/mol. The second-order valence-corrected chi connectivity index (χ2v) is 6.96. The molecule has 0 aliphatic carbocycles. The summed E-state index contributed by atoms with van der Waals surface area (Å²) >= 11 is 0. The van der Waals surface area contributed by atoms with Crippen LogP contribution in [0.15, 0.2) is 36.4 Å². The van der Waals surface area contributed by atoms with E-state index in [0.717, 1.165) is 0 Å². The summed E-state index contributed by atoms with van der Waals surface area (Å²) in [5, 5.41) is 13.6. The maximum atomic E-state index is 13.1. The molecule has 2 aromatic heterocycles. The van der Waals surface area contributed by atoms with Crippen LogP contribution in [-0.4, -0.2) is 45.9 Å². The van der Waals surface area contributed by atoms with E-state index in [-0.39, 0.29) is 17.5 Å². The van der Waals surface area contributed by atoms with Crippen LogP contribution < -0.4 is 15.0 Å². The van der Waals surface area contributed by atoms with Gasteiger partial charge in [-0.15, -0.1) is 15.3 Å². The molecule has 1 fully saturated rings. The molecule has 0 bridgehead atoms. The van der Waals surface area contributed by atoms with Crippen LogP contribution in [0, 0.1) is 5.92 Å². The number of carbonyl (C=O) groups is 1. The van der Waals surface area contributed by atoms with Crippen LogP contribution in [0.5, 0.6) is 5.75 Å². The van der Waals surface area contributed by atoms with Gasteiger partial charge in [-0.05, 0) is 49.2 Å². The van der Waals surface area contributed by atoms with Gasteiger partial charge in [0.1, 0.15) is 11.6 Å². The Hall–Kier alpha value is -3.37. The lowest BCUT2D eigenvalue weighted by molar-refractivity contribution is -0.146. The predicted molar refractivity (Wildman–Crippen MR) is 102 cm³/mol. The number of amides is 1. The van der Waals surface area contributed by atoms with E-state index in [1.54, 1.807) is 37.4 Å². The van der Waals surface area contributed by atoms with Gasteiger partial charge in [0.2, 0.25) is 5.91 Å². The molecule has 1 saturated heterocycles. The molecule has 1 N–H and O–H groups in total. The van der Waals surface area contributed by atoms with Crippen LogP contribution in [0.25, 0.3) is 5.65 Å². The van der Waals surface area contributed by atoms with E-state index in [2.05, 4.69) is 20.6 Å². The van der Waals surface area contributed by atoms with Gasteiger partial charge in [0.25, 0.3) is 5.82 Å². The number of halogens is 3. The number of hydrogen-bond donors (Lipinski definition) is 1. The van der Waals surface area contributed by atoms with E-state index in [1.165, 1.54) is 6.07 Å². The van der Waals surface area contributed by atoms with E-state index in [1.807, 2.05) is 4.90 Å². The number of hydrogen-bond acceptors (Lipinski definition) is 6. The fraction of sp³-hybridized carbons (Fsp3) is 0.368. The van der Waals surface area contributed by atoms with Crippen LogP contribution >= 0.6 is 0 Å². The quantitative estimate of drug-likeness (QED) is 0.699. The Balaban J connectivity index is 1.41. The molecule has 0 radical (unpaired) electrons. The third-order valence-corrected chi connectivity index (χ3v) is 5.05. The molecular formula is C19H19F3N6O2. The predicted octanol–water partition coefficient (Wildman–Crippen LogP) is 3.01. The monoisotopic (exact) mass is 420 g/mol. The highest BCUT2D eigenvalue weighted by Gasteiger charge is 2.38. The Morgan fingerprint density at radius 2 is 1.80 bits per heavy atom. The average molecular weight is 420 g/mol. The van der Waals surface area contributed by atoms with Crippen molar-refractivity contribution in [3.8, 4) is 5.75 Å². The molecule has 1 aliphatic heterocycles. The first kappa shape index (κ1) is 19.9. The number of benzene rings is 1. The third-order valence-electron chi connectivity index (χ3n) is 5.05. The van der Waals surface area contributed by atoms with Crippen LogP contribution in [0.2, 0.25) is 0 Å². The summed E-state index contributed by atoms with van der Waals surface area (Å²) in [4.78, 5) is 14.4. The SMILES string of the molecule is COc1ccc(NC(=O)C2CCN(c3ccc4nnc(C(F)(F)F)n4n3)CC2)cc1. The highest BCUT2D eigenvalue weighted by atomic mass is 19.4. The number of nitrogens with zero attached hydrogens (tertiary/aromatic N) is 5. The number of carbonyl (C=O) groups excluding carboxylic acids is 1. The Morgan fingerprint density at radius 3 is 2.43 bits per heavy atom. The van der Waals surface area contributed by atoms with E-state index >= 15 is 0 Å². The fourth-order valence-electron chi connectivity index (χ4n) is 3.41. The van der Waals surface area contributed by atoms with Gasteiger partial charge in [0.05, 0.1) is 7.11 Å². The van der Waals surface area contributed by atoms with Gasteiger partial charge in [-0.25, -0.2) is 0 Å². The molecule has 0 saturated carbocycles. The molecule has 1 amide bonds. The molecule has 30 heavy (non-hydrogen) atoms. The van der Waals surface area contributed by atoms with Crippen LogP contribution in [-0.2, 0) is 11.0 Å². The first-order valence-electron chi connectivity index (χ1n) is 9.34. The summed E-state index contributed by atoms with van der Waals surface area (Å²) in [5.74, 6) is -0.336. The van der Waals surface area contributed by atoms with E-state index < -0.39 is 12.0 Å². The molecule has 1 aromatic carbocycles. The zero-order chi connectivity index (χ0) is 21.3. The van der Waals surface area contributed by atoms with Crippen molar-refractivity contribution in [3.63, 3.8) is 0 Å². The minimum Gasteiger partial charge on any atom is -0.497 e. The van der Waals surface area contributed by atoms with Gasteiger partial charge in [0, 0.05) is 24.7 Å². The fourth-order valence-corrected chi connectivity index (χ4v) is 3.41. The molecule has 0 atom stereocenters. The van der Waals surface area contributed by atoms with Gasteiger partial charge in [0.15, 0.2) is 5.65 Å². The topological polar surface area (TPSA) is 84.6 Å². The summed E-state index contributed by atoms with van der Waals surface area (Å²) in [6.45, 7) is 1.01. The Bertz CT molecular complexity index is 1040. The summed E-state index contributed by atoms with van der Waals surface area (Å²) in [6, 6.07) is 10.1. The van der Waals surface area contributed by atoms with Crippen molar-refractivity contribution >= 4 is 23.1 Å². The molecule has 158 valence electrons. The van der Waals surface area contributed by atoms with Crippen molar-refractivity contribution in [2.24, 2.45) is 5.92 Å². The summed E-state index contributed by atoms with van der Waals surface area (Å²) in [5.41, 5.74) is 0.711. The van der Waals surface area contributed by atoms with Crippen molar-refractivity contribution in [2.75, 3.05) is 30.4 Å². The van der Waals surface area contributed by atoms with Gasteiger partial charge in [-0.2, -0.15) is 17.7 Å². The molecule has 3 heterocycles. The second-order valence-electron chi connectivity index (χ2n) is 6.96. The Labute approximate surface area is 169 Å². The molecule has 0 spiro atoms. The minimum absolute atomic E-state index is 0.0276. The number of ether oxygens (including phenoxy) is 1.